The van der Waals surface area contributed by atoms with Gasteiger partial charge in [-0.3, -0.25) is 20.0 Å². The predicted octanol–water partition coefficient (Wildman–Crippen LogP) is 5.17. The number of hydrogen-bond donors (Lipinski definition) is 1. The molecule has 0 aromatic heterocycles. The molecule has 0 spiro atoms. The number of likely N-dealkylation sites (N-methyl/N-ethyl adjacent to an activating group) is 1. The van der Waals surface area contributed by atoms with Crippen molar-refractivity contribution in [2.24, 2.45) is 0 Å². The van der Waals surface area contributed by atoms with E-state index in [1.165, 1.54) is 16.9 Å². The minimum absolute atomic E-state index is 0.0121. The maximum absolute atomic E-state index is 13.9. The van der Waals surface area contributed by atoms with Crippen LogP contribution in [0.1, 0.15) is 38.5 Å². The lowest BCUT2D eigenvalue weighted by molar-refractivity contribution is -0.116. The lowest BCUT2D eigenvalue weighted by atomic mass is 9.81. The van der Waals surface area contributed by atoms with Gasteiger partial charge >= 0.3 is 6.03 Å². The summed E-state index contributed by atoms with van der Waals surface area (Å²) in [6.07, 6.45) is 0.759. The number of aryl methyl sites for hydroxylation is 2. The number of urea groups is 1. The first-order chi connectivity index (χ1) is 19.5. The molecule has 1 aliphatic rings. The normalized spacial score (nSPS) is 18.0. The molecule has 0 bridgehead atoms. The highest BCUT2D eigenvalue weighted by Crippen LogP contribution is 2.40. The highest BCUT2D eigenvalue weighted by molar-refractivity contribution is 6.31. The molecule has 10 heteroatoms. The van der Waals surface area contributed by atoms with Crippen LogP contribution in [0.25, 0.3) is 0 Å². The first-order valence-corrected chi connectivity index (χ1v) is 13.4. The van der Waals surface area contributed by atoms with Gasteiger partial charge in [-0.15, -0.1) is 0 Å². The van der Waals surface area contributed by atoms with Crippen LogP contribution in [0.5, 0.6) is 0 Å². The summed E-state index contributed by atoms with van der Waals surface area (Å²) >= 11 is 6.25. The van der Waals surface area contributed by atoms with E-state index in [2.05, 4.69) is 11.5 Å². The van der Waals surface area contributed by atoms with Gasteiger partial charge in [-0.05, 0) is 79.1 Å². The largest absolute Gasteiger partial charge is 0.335 e. The number of hydrogen-bond acceptors (Lipinski definition) is 6. The number of nitrogens with one attached hydrogen (secondary N) is 1. The Balaban J connectivity index is 1.73. The predicted molar refractivity (Wildman–Crippen MR) is 158 cm³/mol. The number of carbonyl (C=O) groups is 3. The zero-order chi connectivity index (χ0) is 29.9. The Morgan fingerprint density at radius 1 is 1.12 bits per heavy atom. The second-order valence-electron chi connectivity index (χ2n) is 10.3. The molecule has 3 aromatic carbocycles. The van der Waals surface area contributed by atoms with Crippen molar-refractivity contribution in [3.63, 3.8) is 0 Å². The van der Waals surface area contributed by atoms with Crippen LogP contribution in [0.4, 0.5) is 16.2 Å². The minimum atomic E-state index is -1.38. The first kappa shape index (κ1) is 29.6. The highest BCUT2D eigenvalue weighted by atomic mass is 35.5. The van der Waals surface area contributed by atoms with Crippen molar-refractivity contribution in [1.82, 2.24) is 9.80 Å². The quantitative estimate of drug-likeness (QED) is 0.309. The molecule has 3 aromatic rings. The molecular formula is C31H32ClN5O4. The molecule has 41 heavy (non-hydrogen) atoms. The number of nitriles is 1. The van der Waals surface area contributed by atoms with Crippen molar-refractivity contribution in [2.75, 3.05) is 44.7 Å². The molecular weight excluding hydrogens is 542 g/mol. The lowest BCUT2D eigenvalue weighted by Crippen LogP contribution is -2.58. The van der Waals surface area contributed by atoms with E-state index in [-0.39, 0.29) is 19.0 Å². The summed E-state index contributed by atoms with van der Waals surface area (Å²) in [5.74, 6) is -0.810. The molecule has 2 atom stereocenters. The fraction of sp³-hybridized carbons (Fsp3) is 0.290. The minimum Gasteiger partial charge on any atom is -0.335 e. The smallest absolute Gasteiger partial charge is 0.324 e. The van der Waals surface area contributed by atoms with Crippen LogP contribution in [-0.4, -0.2) is 67.9 Å². The Labute approximate surface area is 244 Å². The van der Waals surface area contributed by atoms with Crippen LogP contribution in [0.3, 0.4) is 0 Å². The molecule has 0 radical (unpaired) electrons. The van der Waals surface area contributed by atoms with Crippen molar-refractivity contribution < 1.29 is 19.2 Å². The van der Waals surface area contributed by atoms with Gasteiger partial charge in [0.25, 0.3) is 5.91 Å². The average Bonchev–Trinajstić information content (AvgIpc) is 3.37. The summed E-state index contributed by atoms with van der Waals surface area (Å²) in [7, 11) is 4.70. The van der Waals surface area contributed by atoms with Gasteiger partial charge in [-0.25, -0.2) is 4.79 Å². The fourth-order valence-electron chi connectivity index (χ4n) is 5.36. The number of benzene rings is 3. The Kier molecular flexibility index (Phi) is 8.66. The van der Waals surface area contributed by atoms with Gasteiger partial charge in [0.15, 0.2) is 0 Å². The second kappa shape index (κ2) is 12.0. The van der Waals surface area contributed by atoms with Crippen molar-refractivity contribution in [2.45, 2.75) is 25.3 Å². The summed E-state index contributed by atoms with van der Waals surface area (Å²) in [5, 5.41) is 9.78. The molecule has 4 rings (SSSR count). The molecule has 0 saturated carbocycles. The fourth-order valence-corrected chi connectivity index (χ4v) is 5.65. The number of anilines is 2. The van der Waals surface area contributed by atoms with E-state index in [4.69, 9.17) is 16.4 Å². The standard InChI is InChI=1S/C31H32ClN5O4/c1-20-12-25(32)15-26(13-20)35(3)30(40)36(4)31(19-38)18-37(17-27(31)23-8-6-22(16-33)7-9-23)29(39)24-10-11-28(34-41-5)21(2)14-24/h6-15,19,27,34H,17-18H2,1-5H3/t27?,31-/m0/s1. The van der Waals surface area contributed by atoms with Crippen LogP contribution in [0.15, 0.2) is 60.7 Å². The summed E-state index contributed by atoms with van der Waals surface area (Å²) < 4.78 is 0. The highest BCUT2D eigenvalue weighted by Gasteiger charge is 2.53. The molecule has 1 N–H and O–H groups in total. The molecule has 0 aliphatic carbocycles. The van der Waals surface area contributed by atoms with Crippen LogP contribution in [-0.2, 0) is 9.63 Å². The average molecular weight is 574 g/mol. The number of nitrogens with zero attached hydrogens (tertiary/aromatic N) is 4. The van der Waals surface area contributed by atoms with Gasteiger partial charge < -0.3 is 14.6 Å². The lowest BCUT2D eigenvalue weighted by Gasteiger charge is -2.40. The van der Waals surface area contributed by atoms with Gasteiger partial charge in [0.2, 0.25) is 0 Å². The molecule has 212 valence electrons. The van der Waals surface area contributed by atoms with Crippen molar-refractivity contribution >= 4 is 41.2 Å². The molecule has 1 saturated heterocycles. The van der Waals surface area contributed by atoms with Crippen LogP contribution in [0, 0.1) is 25.2 Å². The number of likely N-dealkylation sites (tertiary alicyclic amines) is 1. The van der Waals surface area contributed by atoms with Crippen LogP contribution < -0.4 is 10.4 Å². The van der Waals surface area contributed by atoms with E-state index in [0.29, 0.717) is 21.8 Å². The van der Waals surface area contributed by atoms with Gasteiger partial charge in [-0.1, -0.05) is 23.7 Å². The summed E-state index contributed by atoms with van der Waals surface area (Å²) in [6.45, 7) is 3.92. The molecule has 1 fully saturated rings. The molecule has 1 unspecified atom stereocenters. The van der Waals surface area contributed by atoms with Crippen molar-refractivity contribution in [1.29, 1.82) is 5.26 Å². The maximum atomic E-state index is 13.9. The van der Waals surface area contributed by atoms with Crippen LogP contribution >= 0.6 is 11.6 Å². The number of carbonyl (C=O) groups excluding carboxylic acids is 3. The molecule has 1 aliphatic heterocycles. The third kappa shape index (κ3) is 5.75. The summed E-state index contributed by atoms with van der Waals surface area (Å²) in [6, 6.07) is 19.1. The van der Waals surface area contributed by atoms with E-state index in [9.17, 15) is 19.6 Å². The van der Waals surface area contributed by atoms with Crippen LogP contribution in [0.2, 0.25) is 5.02 Å². The van der Waals surface area contributed by atoms with Gasteiger partial charge in [0.1, 0.15) is 11.8 Å². The molecule has 1 heterocycles. The number of rotatable bonds is 7. The molecule has 9 nitrogen and oxygen atoms in total. The van der Waals surface area contributed by atoms with E-state index in [0.717, 1.165) is 28.7 Å². The zero-order valence-corrected chi connectivity index (χ0v) is 24.4. The third-order valence-corrected chi connectivity index (χ3v) is 7.90. The summed E-state index contributed by atoms with van der Waals surface area (Å²) in [4.78, 5) is 50.1. The SMILES string of the molecule is CONc1ccc(C(=O)N2CC(c3ccc(C#N)cc3)[C@](C=O)(N(C)C(=O)N(C)c3cc(C)cc(Cl)c3)C2)cc1C. The second-order valence-corrected chi connectivity index (χ2v) is 10.7. The third-order valence-electron chi connectivity index (χ3n) is 7.68. The van der Waals surface area contributed by atoms with Crippen molar-refractivity contribution in [3.8, 4) is 6.07 Å². The van der Waals surface area contributed by atoms with E-state index >= 15 is 0 Å². The number of halogens is 1. The number of aldehydes is 1. The van der Waals surface area contributed by atoms with E-state index in [1.807, 2.05) is 19.9 Å². The number of amides is 3. The topological polar surface area (TPSA) is 106 Å². The Bertz CT molecular complexity index is 1500. The van der Waals surface area contributed by atoms with Crippen molar-refractivity contribution in [3.05, 3.63) is 93.5 Å². The van der Waals surface area contributed by atoms with Gasteiger partial charge in [-0.2, -0.15) is 5.26 Å². The zero-order valence-electron chi connectivity index (χ0n) is 23.6. The monoisotopic (exact) mass is 573 g/mol. The Morgan fingerprint density at radius 3 is 2.41 bits per heavy atom. The van der Waals surface area contributed by atoms with Gasteiger partial charge in [0, 0.05) is 42.8 Å². The van der Waals surface area contributed by atoms with E-state index in [1.54, 1.807) is 73.6 Å². The first-order valence-electron chi connectivity index (χ1n) is 13.0. The van der Waals surface area contributed by atoms with E-state index < -0.39 is 17.5 Å². The Hall–Kier alpha value is -4.39. The Morgan fingerprint density at radius 2 is 1.83 bits per heavy atom. The maximum Gasteiger partial charge on any atom is 0.324 e. The van der Waals surface area contributed by atoms with Gasteiger partial charge in [0.05, 0.1) is 31.0 Å². The summed E-state index contributed by atoms with van der Waals surface area (Å²) in [5.41, 5.74) is 6.06. The molecule has 3 amide bonds.